The average Bonchev–Trinajstić information content (AvgIpc) is 2.41. The summed E-state index contributed by atoms with van der Waals surface area (Å²) in [6.45, 7) is 2.20. The van der Waals surface area contributed by atoms with Gasteiger partial charge in [0.2, 0.25) is 0 Å². The number of fused-ring (bicyclic) bond motifs is 1. The fourth-order valence-electron chi connectivity index (χ4n) is 2.62. The maximum Gasteiger partial charge on any atom is 0.0751 e. The maximum atomic E-state index is 6.22. The molecule has 1 fully saturated rings. The molecule has 0 spiro atoms. The van der Waals surface area contributed by atoms with E-state index >= 15 is 0 Å². The van der Waals surface area contributed by atoms with Crippen molar-refractivity contribution in [3.8, 4) is 0 Å². The quantitative estimate of drug-likeness (QED) is 0.835. The van der Waals surface area contributed by atoms with Gasteiger partial charge in [0.15, 0.2) is 0 Å². The van der Waals surface area contributed by atoms with Gasteiger partial charge in [-0.2, -0.15) is 0 Å². The van der Waals surface area contributed by atoms with Crippen LogP contribution in [0.1, 0.15) is 24.3 Å². The molecule has 0 atom stereocenters. The summed E-state index contributed by atoms with van der Waals surface area (Å²) in [4.78, 5) is 4.51. The fraction of sp³-hybridized carbons (Fsp3) is 0.357. The molecule has 0 radical (unpaired) electrons. The lowest BCUT2D eigenvalue weighted by Crippen LogP contribution is -2.26. The molecule has 3 heteroatoms. The smallest absolute Gasteiger partial charge is 0.0751 e. The van der Waals surface area contributed by atoms with Gasteiger partial charge in [-0.3, -0.25) is 4.98 Å². The third kappa shape index (κ3) is 2.03. The van der Waals surface area contributed by atoms with Gasteiger partial charge in [-0.05, 0) is 55.6 Å². The minimum Gasteiger partial charge on any atom is -0.317 e. The van der Waals surface area contributed by atoms with Crippen LogP contribution in [0, 0.1) is 0 Å². The molecule has 0 aliphatic carbocycles. The number of nitrogens with zero attached hydrogens (tertiary/aromatic N) is 1. The lowest BCUT2D eigenvalue weighted by molar-refractivity contribution is 0.462. The molecule has 0 saturated carbocycles. The number of halogens is 1. The topological polar surface area (TPSA) is 24.9 Å². The first kappa shape index (κ1) is 11.0. The van der Waals surface area contributed by atoms with Crippen molar-refractivity contribution >= 4 is 22.5 Å². The molecule has 1 aliphatic rings. The van der Waals surface area contributed by atoms with Gasteiger partial charge in [0.05, 0.1) is 5.52 Å². The molecule has 2 aromatic rings. The molecule has 17 heavy (non-hydrogen) atoms. The normalized spacial score (nSPS) is 17.5. The second kappa shape index (κ2) is 4.63. The third-order valence-corrected chi connectivity index (χ3v) is 3.86. The van der Waals surface area contributed by atoms with E-state index in [1.54, 1.807) is 0 Å². The highest BCUT2D eigenvalue weighted by molar-refractivity contribution is 6.35. The standard InChI is InChI=1S/C14H15ClN2/c15-13-4-3-11(10-5-8-16-9-6-10)14-12(13)2-1-7-17-14/h1-4,7,10,16H,5-6,8-9H2. The Morgan fingerprint density at radius 2 is 2.00 bits per heavy atom. The minimum absolute atomic E-state index is 0.617. The Hall–Kier alpha value is -1.12. The van der Waals surface area contributed by atoms with Crippen LogP contribution in [0.15, 0.2) is 30.5 Å². The highest BCUT2D eigenvalue weighted by Gasteiger charge is 2.18. The van der Waals surface area contributed by atoms with Crippen LogP contribution in [0.4, 0.5) is 0 Å². The number of hydrogen-bond donors (Lipinski definition) is 1. The van der Waals surface area contributed by atoms with Gasteiger partial charge in [-0.1, -0.05) is 17.7 Å². The summed E-state index contributed by atoms with van der Waals surface area (Å²) in [5, 5.41) is 5.27. The summed E-state index contributed by atoms with van der Waals surface area (Å²) in [5.41, 5.74) is 2.43. The molecular formula is C14H15ClN2. The average molecular weight is 247 g/mol. The van der Waals surface area contributed by atoms with Gasteiger partial charge in [-0.15, -0.1) is 0 Å². The summed E-state index contributed by atoms with van der Waals surface area (Å²) in [7, 11) is 0. The SMILES string of the molecule is Clc1ccc(C2CCNCC2)c2ncccc12. The molecule has 1 aliphatic heterocycles. The Bertz CT molecular complexity index is 533. The molecule has 1 saturated heterocycles. The zero-order valence-electron chi connectivity index (χ0n) is 9.62. The highest BCUT2D eigenvalue weighted by Crippen LogP contribution is 2.33. The van der Waals surface area contributed by atoms with Crippen LogP contribution in [-0.2, 0) is 0 Å². The number of aromatic nitrogens is 1. The van der Waals surface area contributed by atoms with E-state index in [9.17, 15) is 0 Å². The maximum absolute atomic E-state index is 6.22. The first-order valence-corrected chi connectivity index (χ1v) is 6.48. The van der Waals surface area contributed by atoms with Crippen molar-refractivity contribution in [3.63, 3.8) is 0 Å². The van der Waals surface area contributed by atoms with Crippen LogP contribution >= 0.6 is 11.6 Å². The fourth-order valence-corrected chi connectivity index (χ4v) is 2.84. The zero-order chi connectivity index (χ0) is 11.7. The molecule has 88 valence electrons. The van der Waals surface area contributed by atoms with E-state index in [0.717, 1.165) is 29.0 Å². The second-order valence-corrected chi connectivity index (χ2v) is 4.97. The molecule has 1 aromatic heterocycles. The second-order valence-electron chi connectivity index (χ2n) is 4.56. The van der Waals surface area contributed by atoms with E-state index in [1.165, 1.54) is 18.4 Å². The Morgan fingerprint density at radius 1 is 1.18 bits per heavy atom. The van der Waals surface area contributed by atoms with Gasteiger partial charge in [0.25, 0.3) is 0 Å². The number of rotatable bonds is 1. The van der Waals surface area contributed by atoms with E-state index < -0.39 is 0 Å². The molecule has 0 bridgehead atoms. The Kier molecular flexibility index (Phi) is 3.00. The largest absolute Gasteiger partial charge is 0.317 e. The van der Waals surface area contributed by atoms with E-state index in [0.29, 0.717) is 5.92 Å². The van der Waals surface area contributed by atoms with E-state index in [4.69, 9.17) is 11.6 Å². The number of hydrogen-bond acceptors (Lipinski definition) is 2. The zero-order valence-corrected chi connectivity index (χ0v) is 10.4. The third-order valence-electron chi connectivity index (χ3n) is 3.53. The predicted octanol–water partition coefficient (Wildman–Crippen LogP) is 3.36. The van der Waals surface area contributed by atoms with Gasteiger partial charge >= 0.3 is 0 Å². The Balaban J connectivity index is 2.12. The van der Waals surface area contributed by atoms with Crippen molar-refractivity contribution in [1.29, 1.82) is 0 Å². The first-order valence-electron chi connectivity index (χ1n) is 6.10. The summed E-state index contributed by atoms with van der Waals surface area (Å²) >= 11 is 6.22. The molecule has 0 unspecified atom stereocenters. The minimum atomic E-state index is 0.617. The van der Waals surface area contributed by atoms with Crippen molar-refractivity contribution in [1.82, 2.24) is 10.3 Å². The molecule has 2 nitrogen and oxygen atoms in total. The van der Waals surface area contributed by atoms with Crippen LogP contribution in [0.25, 0.3) is 10.9 Å². The molecule has 2 heterocycles. The van der Waals surface area contributed by atoms with E-state index in [1.807, 2.05) is 18.3 Å². The number of nitrogens with one attached hydrogen (secondary N) is 1. The number of piperidine rings is 1. The highest BCUT2D eigenvalue weighted by atomic mass is 35.5. The van der Waals surface area contributed by atoms with Crippen molar-refractivity contribution in [2.24, 2.45) is 0 Å². The number of pyridine rings is 1. The molecule has 1 N–H and O–H groups in total. The van der Waals surface area contributed by atoms with E-state index in [2.05, 4.69) is 22.4 Å². The monoisotopic (exact) mass is 246 g/mol. The van der Waals surface area contributed by atoms with Crippen LogP contribution in [0.2, 0.25) is 5.02 Å². The van der Waals surface area contributed by atoms with Crippen molar-refractivity contribution in [2.45, 2.75) is 18.8 Å². The van der Waals surface area contributed by atoms with Crippen molar-refractivity contribution in [3.05, 3.63) is 41.0 Å². The van der Waals surface area contributed by atoms with Gasteiger partial charge in [-0.25, -0.2) is 0 Å². The van der Waals surface area contributed by atoms with Crippen LogP contribution in [0.5, 0.6) is 0 Å². The van der Waals surface area contributed by atoms with Crippen LogP contribution in [0.3, 0.4) is 0 Å². The van der Waals surface area contributed by atoms with Crippen molar-refractivity contribution in [2.75, 3.05) is 13.1 Å². The predicted molar refractivity (Wildman–Crippen MR) is 71.6 cm³/mol. The Morgan fingerprint density at radius 3 is 2.82 bits per heavy atom. The molecule has 3 rings (SSSR count). The van der Waals surface area contributed by atoms with Crippen LogP contribution < -0.4 is 5.32 Å². The summed E-state index contributed by atoms with van der Waals surface area (Å²) in [6, 6.07) is 8.15. The van der Waals surface area contributed by atoms with Gasteiger partial charge < -0.3 is 5.32 Å². The van der Waals surface area contributed by atoms with Crippen molar-refractivity contribution < 1.29 is 0 Å². The lowest BCUT2D eigenvalue weighted by Gasteiger charge is -2.23. The summed E-state index contributed by atoms with van der Waals surface area (Å²) in [5.74, 6) is 0.617. The van der Waals surface area contributed by atoms with Crippen LogP contribution in [-0.4, -0.2) is 18.1 Å². The molecule has 0 amide bonds. The number of benzene rings is 1. The summed E-state index contributed by atoms with van der Waals surface area (Å²) in [6.07, 6.45) is 4.23. The molecule has 1 aromatic carbocycles. The summed E-state index contributed by atoms with van der Waals surface area (Å²) < 4.78 is 0. The Labute approximate surface area is 106 Å². The van der Waals surface area contributed by atoms with Gasteiger partial charge in [0.1, 0.15) is 0 Å². The molecular weight excluding hydrogens is 232 g/mol. The lowest BCUT2D eigenvalue weighted by atomic mass is 9.89. The van der Waals surface area contributed by atoms with Gasteiger partial charge in [0, 0.05) is 16.6 Å². The van der Waals surface area contributed by atoms with E-state index in [-0.39, 0.29) is 0 Å². The first-order chi connectivity index (χ1) is 8.36.